The summed E-state index contributed by atoms with van der Waals surface area (Å²) in [5.74, 6) is 0.875. The summed E-state index contributed by atoms with van der Waals surface area (Å²) in [5, 5.41) is 8.92. The van der Waals surface area contributed by atoms with Crippen molar-refractivity contribution in [1.29, 1.82) is 5.26 Å². The van der Waals surface area contributed by atoms with Crippen LogP contribution >= 0.6 is 0 Å². The van der Waals surface area contributed by atoms with E-state index in [0.29, 0.717) is 12.2 Å². The van der Waals surface area contributed by atoms with Gasteiger partial charge >= 0.3 is 0 Å². The van der Waals surface area contributed by atoms with E-state index in [1.165, 1.54) is 5.56 Å². The lowest BCUT2D eigenvalue weighted by Gasteiger charge is -2.12. The minimum Gasteiger partial charge on any atom is -0.488 e. The van der Waals surface area contributed by atoms with Gasteiger partial charge in [-0.25, -0.2) is 0 Å². The second-order valence-electron chi connectivity index (χ2n) is 4.83. The van der Waals surface area contributed by atoms with Gasteiger partial charge in [0.05, 0.1) is 11.6 Å². The van der Waals surface area contributed by atoms with Crippen LogP contribution in [0.3, 0.4) is 0 Å². The van der Waals surface area contributed by atoms with E-state index in [9.17, 15) is 0 Å². The van der Waals surface area contributed by atoms with Crippen molar-refractivity contribution in [2.45, 2.75) is 27.4 Å². The van der Waals surface area contributed by atoms with Crippen LogP contribution in [0.4, 0.5) is 0 Å². The lowest BCUT2D eigenvalue weighted by atomic mass is 10.1. The predicted molar refractivity (Wildman–Crippen MR) is 76.1 cm³/mol. The number of ether oxygens (including phenoxy) is 1. The van der Waals surface area contributed by atoms with E-state index in [2.05, 4.69) is 37.3 Å². The highest BCUT2D eigenvalue weighted by Gasteiger charge is 2.06. The fourth-order valence-electron chi connectivity index (χ4n) is 2.08. The fourth-order valence-corrected chi connectivity index (χ4v) is 2.08. The van der Waals surface area contributed by atoms with Crippen LogP contribution in [-0.4, -0.2) is 0 Å². The number of nitriles is 1. The molecule has 0 fully saturated rings. The molecule has 0 atom stereocenters. The normalized spacial score (nSPS) is 10.0. The molecule has 2 heteroatoms. The first-order valence-corrected chi connectivity index (χ1v) is 6.30. The summed E-state index contributed by atoms with van der Waals surface area (Å²) in [5.41, 5.74) is 5.08. The maximum Gasteiger partial charge on any atom is 0.125 e. The van der Waals surface area contributed by atoms with E-state index in [1.54, 1.807) is 0 Å². The Bertz CT molecular complexity index is 598. The SMILES string of the molecule is Cc1ccc(COc2c(C)cc(C#N)cc2C)cc1. The van der Waals surface area contributed by atoms with Gasteiger partial charge in [0.1, 0.15) is 12.4 Å². The van der Waals surface area contributed by atoms with Gasteiger partial charge in [0.2, 0.25) is 0 Å². The highest BCUT2D eigenvalue weighted by molar-refractivity contribution is 5.47. The molecule has 0 amide bonds. The quantitative estimate of drug-likeness (QED) is 0.824. The predicted octanol–water partition coefficient (Wildman–Crippen LogP) is 4.06. The third-order valence-electron chi connectivity index (χ3n) is 3.09. The number of hydrogen-bond acceptors (Lipinski definition) is 2. The Kier molecular flexibility index (Phi) is 3.87. The van der Waals surface area contributed by atoms with Crippen LogP contribution < -0.4 is 4.74 Å². The molecule has 0 aromatic heterocycles. The lowest BCUT2D eigenvalue weighted by Crippen LogP contribution is -1.99. The zero-order chi connectivity index (χ0) is 13.8. The molecule has 0 aliphatic rings. The van der Waals surface area contributed by atoms with Crippen LogP contribution in [0.1, 0.15) is 27.8 Å². The van der Waals surface area contributed by atoms with Gasteiger partial charge in [-0.1, -0.05) is 29.8 Å². The summed E-state index contributed by atoms with van der Waals surface area (Å²) >= 11 is 0. The molecule has 96 valence electrons. The maximum atomic E-state index is 8.92. The molecule has 0 spiro atoms. The number of aryl methyl sites for hydroxylation is 3. The van der Waals surface area contributed by atoms with Crippen LogP contribution in [-0.2, 0) is 6.61 Å². The number of hydrogen-bond donors (Lipinski definition) is 0. The number of benzene rings is 2. The Hall–Kier alpha value is -2.27. The Labute approximate surface area is 114 Å². The van der Waals surface area contributed by atoms with Crippen molar-refractivity contribution in [3.63, 3.8) is 0 Å². The van der Waals surface area contributed by atoms with Gasteiger partial charge in [-0.15, -0.1) is 0 Å². The van der Waals surface area contributed by atoms with Crippen molar-refractivity contribution >= 4 is 0 Å². The third-order valence-corrected chi connectivity index (χ3v) is 3.09. The highest BCUT2D eigenvalue weighted by Crippen LogP contribution is 2.25. The molecule has 0 saturated heterocycles. The Morgan fingerprint density at radius 1 is 1.00 bits per heavy atom. The minimum atomic E-state index is 0.549. The Balaban J connectivity index is 2.16. The molecule has 0 aliphatic heterocycles. The molecular formula is C17H17NO. The summed E-state index contributed by atoms with van der Waals surface area (Å²) < 4.78 is 5.88. The van der Waals surface area contributed by atoms with E-state index in [-0.39, 0.29) is 0 Å². The second kappa shape index (κ2) is 5.58. The van der Waals surface area contributed by atoms with Crippen molar-refractivity contribution in [3.8, 4) is 11.8 Å². The van der Waals surface area contributed by atoms with E-state index < -0.39 is 0 Å². The van der Waals surface area contributed by atoms with Crippen molar-refractivity contribution in [2.75, 3.05) is 0 Å². The largest absolute Gasteiger partial charge is 0.488 e. The summed E-state index contributed by atoms with van der Waals surface area (Å²) in [6.45, 7) is 6.56. The van der Waals surface area contributed by atoms with Gasteiger partial charge in [0, 0.05) is 0 Å². The summed E-state index contributed by atoms with van der Waals surface area (Å²) in [6.07, 6.45) is 0. The zero-order valence-corrected chi connectivity index (χ0v) is 11.5. The molecule has 0 saturated carbocycles. The van der Waals surface area contributed by atoms with Crippen LogP contribution in [0.25, 0.3) is 0 Å². The molecule has 19 heavy (non-hydrogen) atoms. The van der Waals surface area contributed by atoms with Crippen molar-refractivity contribution in [1.82, 2.24) is 0 Å². The second-order valence-corrected chi connectivity index (χ2v) is 4.83. The standard InChI is InChI=1S/C17H17NO/c1-12-4-6-15(7-5-12)11-19-17-13(2)8-16(10-18)9-14(17)3/h4-9H,11H2,1-3H3. The van der Waals surface area contributed by atoms with Gasteiger partial charge in [0.25, 0.3) is 0 Å². The first-order chi connectivity index (χ1) is 9.10. The van der Waals surface area contributed by atoms with E-state index >= 15 is 0 Å². The molecule has 2 nitrogen and oxygen atoms in total. The summed E-state index contributed by atoms with van der Waals surface area (Å²) in [7, 11) is 0. The lowest BCUT2D eigenvalue weighted by molar-refractivity contribution is 0.302. The maximum absolute atomic E-state index is 8.92. The molecule has 0 aliphatic carbocycles. The molecule has 0 radical (unpaired) electrons. The number of nitrogens with zero attached hydrogens (tertiary/aromatic N) is 1. The van der Waals surface area contributed by atoms with E-state index in [4.69, 9.17) is 10.00 Å². The van der Waals surface area contributed by atoms with Crippen molar-refractivity contribution < 1.29 is 4.74 Å². The molecular weight excluding hydrogens is 234 g/mol. The minimum absolute atomic E-state index is 0.549. The van der Waals surface area contributed by atoms with Crippen LogP contribution in [0.5, 0.6) is 5.75 Å². The van der Waals surface area contributed by atoms with E-state index in [0.717, 1.165) is 22.4 Å². The first-order valence-electron chi connectivity index (χ1n) is 6.30. The molecule has 0 bridgehead atoms. The van der Waals surface area contributed by atoms with Gasteiger partial charge in [-0.3, -0.25) is 0 Å². The topological polar surface area (TPSA) is 33.0 Å². The summed E-state index contributed by atoms with van der Waals surface area (Å²) in [4.78, 5) is 0. The van der Waals surface area contributed by atoms with Gasteiger partial charge < -0.3 is 4.74 Å². The van der Waals surface area contributed by atoms with Crippen LogP contribution in [0.2, 0.25) is 0 Å². The number of rotatable bonds is 3. The highest BCUT2D eigenvalue weighted by atomic mass is 16.5. The summed E-state index contributed by atoms with van der Waals surface area (Å²) in [6, 6.07) is 14.2. The van der Waals surface area contributed by atoms with Crippen molar-refractivity contribution in [3.05, 3.63) is 64.2 Å². The zero-order valence-electron chi connectivity index (χ0n) is 11.5. The average molecular weight is 251 g/mol. The smallest absolute Gasteiger partial charge is 0.125 e. The Morgan fingerprint density at radius 2 is 1.58 bits per heavy atom. The molecule has 2 aromatic carbocycles. The molecule has 0 unspecified atom stereocenters. The molecule has 2 aromatic rings. The van der Waals surface area contributed by atoms with E-state index in [1.807, 2.05) is 26.0 Å². The third kappa shape index (κ3) is 3.14. The first kappa shape index (κ1) is 13.2. The van der Waals surface area contributed by atoms with Gasteiger partial charge in [-0.2, -0.15) is 5.26 Å². The molecule has 2 rings (SSSR count). The molecule has 0 N–H and O–H groups in total. The fraction of sp³-hybridized carbons (Fsp3) is 0.235. The van der Waals surface area contributed by atoms with Crippen molar-refractivity contribution in [2.24, 2.45) is 0 Å². The van der Waals surface area contributed by atoms with Gasteiger partial charge in [0.15, 0.2) is 0 Å². The average Bonchev–Trinajstić information content (AvgIpc) is 2.39. The van der Waals surface area contributed by atoms with Gasteiger partial charge in [-0.05, 0) is 49.6 Å². The monoisotopic (exact) mass is 251 g/mol. The Morgan fingerprint density at radius 3 is 2.11 bits per heavy atom. The molecule has 0 heterocycles. The van der Waals surface area contributed by atoms with Crippen LogP contribution in [0.15, 0.2) is 36.4 Å². The van der Waals surface area contributed by atoms with Crippen LogP contribution in [0, 0.1) is 32.1 Å².